The van der Waals surface area contributed by atoms with Gasteiger partial charge in [0.05, 0.1) is 39.1 Å². The van der Waals surface area contributed by atoms with E-state index in [9.17, 15) is 28.8 Å². The smallest absolute Gasteiger partial charge is 0.253 e. The number of ether oxygens (including phenoxy) is 6. The summed E-state index contributed by atoms with van der Waals surface area (Å²) in [6, 6.07) is 81.2. The number of piperazine rings is 1. The number of methoxy groups -OCH3 is 6. The highest BCUT2D eigenvalue weighted by atomic mass is 35.5. The van der Waals surface area contributed by atoms with Gasteiger partial charge in [-0.05, 0) is 255 Å². The molecule has 130 heavy (non-hydrogen) atoms. The van der Waals surface area contributed by atoms with E-state index in [1.165, 1.54) is 5.56 Å². The van der Waals surface area contributed by atoms with E-state index in [1.54, 1.807) is 64.9 Å². The number of piperidine rings is 2. The predicted molar refractivity (Wildman–Crippen MR) is 521 cm³/mol. The van der Waals surface area contributed by atoms with Gasteiger partial charge in [-0.2, -0.15) is 0 Å². The van der Waals surface area contributed by atoms with E-state index in [0.29, 0.717) is 119 Å². The maximum Gasteiger partial charge on any atom is 0.253 e. The van der Waals surface area contributed by atoms with Crippen LogP contribution < -0.4 is 0 Å². The highest BCUT2D eigenvalue weighted by Gasteiger charge is 2.28. The van der Waals surface area contributed by atoms with E-state index in [2.05, 4.69) is 16.9 Å². The van der Waals surface area contributed by atoms with Crippen LogP contribution in [0.15, 0.2) is 267 Å². The zero-order chi connectivity index (χ0) is 92.4. The molecule has 0 N–H and O–H groups in total. The van der Waals surface area contributed by atoms with Crippen molar-refractivity contribution in [2.45, 2.75) is 90.6 Å². The van der Waals surface area contributed by atoms with Crippen LogP contribution in [0.3, 0.4) is 0 Å². The molecule has 11 aromatic carbocycles. The third-order valence-electron chi connectivity index (χ3n) is 22.8. The van der Waals surface area contributed by atoms with E-state index in [4.69, 9.17) is 86.4 Å². The molecule has 3 aliphatic heterocycles. The number of pyridine rings is 1. The van der Waals surface area contributed by atoms with Crippen molar-refractivity contribution in [2.75, 3.05) is 109 Å². The van der Waals surface area contributed by atoms with Gasteiger partial charge in [0.25, 0.3) is 23.6 Å². The first-order valence-electron chi connectivity index (χ1n) is 43.3. The SMILES string of the molecule is COCc1cc(C(=O)CCCc2ccncc2)ccc1-c1ccc(Cl)cc1.COCc1cc(C(=O)N(C)Cc2ccccc2)ccc1-c1ccc(Cl)cc1.COCc1cc(C(=O)N2CCC(=O)CC2)ccc1-c1ccc(Cl)cc1.COCc1cc(C(=O)N2CCC(OC)CC2)ccc1-c1ccc(Cl)cc1.COCc1cc(C(=O)N2CCN(C)CC2)ccc1-c1ccc(Cl)cc1. The molecule has 3 fully saturated rings. The van der Waals surface area contributed by atoms with Gasteiger partial charge in [0, 0.05) is 193 Å². The van der Waals surface area contributed by atoms with Crippen molar-refractivity contribution in [3.05, 3.63) is 359 Å². The summed E-state index contributed by atoms with van der Waals surface area (Å²) in [5.74, 6) is 0.491. The second-order valence-electron chi connectivity index (χ2n) is 32.0. The number of hydrogen-bond acceptors (Lipinski definition) is 14. The number of rotatable bonds is 27. The number of carbonyl (C=O) groups is 6. The summed E-state index contributed by atoms with van der Waals surface area (Å²) in [5.41, 5.74) is 21.1. The maximum absolute atomic E-state index is 12.9. The number of hydrogen-bond donors (Lipinski definition) is 0. The summed E-state index contributed by atoms with van der Waals surface area (Å²) in [7, 11) is 13.9. The number of ketones is 2. The fraction of sp³-hybridized carbons (Fsp3) is 0.280. The zero-order valence-corrected chi connectivity index (χ0v) is 78.6. The number of aromatic nitrogens is 1. The molecule has 0 saturated carbocycles. The van der Waals surface area contributed by atoms with Gasteiger partial charge in [-0.25, -0.2) is 0 Å². The number of Topliss-reactive ketones (excluding diaryl/α,β-unsaturated/α-hetero) is 2. The normalized spacial score (nSPS) is 13.3. The molecule has 3 saturated heterocycles. The number of amides is 4. The summed E-state index contributed by atoms with van der Waals surface area (Å²) in [6.07, 6.45) is 8.70. The Labute approximate surface area is 788 Å². The third-order valence-corrected chi connectivity index (χ3v) is 24.1. The largest absolute Gasteiger partial charge is 0.381 e. The highest BCUT2D eigenvalue weighted by molar-refractivity contribution is 6.32. The van der Waals surface area contributed by atoms with Crippen molar-refractivity contribution in [1.29, 1.82) is 0 Å². The standard InChI is InChI=1S/2C23H22ClNO2.C21H24ClNO3.C20H23ClN2O2.C20H20ClNO3/c1-25(15-17-6-4-3-5-7-17)23(26)19-10-13-22(20(14-19)16-27-2)18-8-11-21(24)12-9-18;1-27-16-20-15-19(7-10-22(20)18-5-8-21(24)9-6-18)23(26)4-2-3-17-11-13-25-14-12-17;1-25-14-17-13-16(21(24)23-11-9-19(26-2)10-12-23)5-8-20(17)15-3-6-18(22)7-4-15;1-22-9-11-23(12-10-22)20(24)16-5-8-19(17(13-16)14-25-2)15-3-6-18(21)7-4-15;1-25-13-16-12-15(20(24)22-10-8-18(23)9-11-22)4-7-19(16)14-2-5-17(21)6-3-14/h3-14H,15-16H2,1-2H3;5-15H,2-4,16H2,1H3;3-8,13,19H,9-12,14H2,1-2H3;3-8,13H,9-12,14H2,1-2H3;2-7,12H,8-11,13H2,1H3. The van der Waals surface area contributed by atoms with Crippen molar-refractivity contribution in [2.24, 2.45) is 0 Å². The lowest BCUT2D eigenvalue weighted by molar-refractivity contribution is -0.120. The summed E-state index contributed by atoms with van der Waals surface area (Å²) >= 11 is 29.9. The Morgan fingerprint density at radius 1 is 0.369 bits per heavy atom. The number of carbonyl (C=O) groups excluding carboxylic acids is 6. The molecular formula is C107H111Cl5N6O12. The molecule has 0 aliphatic carbocycles. The Hall–Kier alpha value is -11.0. The number of halogens is 5. The average Bonchev–Trinajstić information content (AvgIpc) is 1.26. The first-order valence-corrected chi connectivity index (χ1v) is 45.1. The van der Waals surface area contributed by atoms with Crippen molar-refractivity contribution in [3.8, 4) is 55.6 Å². The fourth-order valence-corrected chi connectivity index (χ4v) is 16.3. The number of nitrogens with zero attached hydrogens (tertiary/aromatic N) is 6. The van der Waals surface area contributed by atoms with E-state index in [1.807, 2.05) is 272 Å². The molecule has 15 rings (SSSR count). The number of aryl methyl sites for hydroxylation is 1. The van der Waals surface area contributed by atoms with Gasteiger partial charge < -0.3 is 52.9 Å². The lowest BCUT2D eigenvalue weighted by Crippen LogP contribution is -2.47. The van der Waals surface area contributed by atoms with Crippen LogP contribution in [0.4, 0.5) is 0 Å². The monoisotopic (exact) mass is 1850 g/mol. The Kier molecular flexibility index (Phi) is 39.0. The van der Waals surface area contributed by atoms with Gasteiger partial charge in [0.1, 0.15) is 5.78 Å². The van der Waals surface area contributed by atoms with Crippen LogP contribution in [0.2, 0.25) is 25.1 Å². The molecule has 12 aromatic rings. The minimum absolute atomic E-state index is 0.0149. The zero-order valence-electron chi connectivity index (χ0n) is 74.8. The predicted octanol–water partition coefficient (Wildman–Crippen LogP) is 23.1. The maximum atomic E-state index is 12.9. The Balaban J connectivity index is 0.000000157. The third kappa shape index (κ3) is 29.0. The molecule has 0 radical (unpaired) electrons. The summed E-state index contributed by atoms with van der Waals surface area (Å²) < 4.78 is 32.1. The molecule has 4 amide bonds. The van der Waals surface area contributed by atoms with Crippen LogP contribution in [0.5, 0.6) is 0 Å². The quantitative estimate of drug-likeness (QED) is 0.0442. The Morgan fingerprint density at radius 3 is 1.03 bits per heavy atom. The van der Waals surface area contributed by atoms with Gasteiger partial charge in [0.2, 0.25) is 0 Å². The minimum Gasteiger partial charge on any atom is -0.381 e. The van der Waals surface area contributed by atoms with Crippen LogP contribution in [0.1, 0.15) is 129 Å². The van der Waals surface area contributed by atoms with E-state index < -0.39 is 0 Å². The van der Waals surface area contributed by atoms with Crippen LogP contribution in [0, 0.1) is 0 Å². The molecule has 3 aliphatic rings. The van der Waals surface area contributed by atoms with Crippen LogP contribution >= 0.6 is 58.0 Å². The van der Waals surface area contributed by atoms with Crippen molar-refractivity contribution >= 4 is 93.2 Å². The molecule has 1 aromatic heterocycles. The van der Waals surface area contributed by atoms with Crippen molar-refractivity contribution in [3.63, 3.8) is 0 Å². The molecule has 0 atom stereocenters. The van der Waals surface area contributed by atoms with Crippen LogP contribution in [0.25, 0.3) is 55.6 Å². The lowest BCUT2D eigenvalue weighted by atomic mass is 9.95. The molecule has 0 bridgehead atoms. The van der Waals surface area contributed by atoms with Gasteiger partial charge in [-0.15, -0.1) is 0 Å². The fourth-order valence-electron chi connectivity index (χ4n) is 15.7. The van der Waals surface area contributed by atoms with Crippen LogP contribution in [-0.4, -0.2) is 180 Å². The molecule has 18 nitrogen and oxygen atoms in total. The summed E-state index contributed by atoms with van der Waals surface area (Å²) in [5, 5.41) is 3.49. The first kappa shape index (κ1) is 99.5. The number of benzene rings is 11. The minimum atomic E-state index is -0.0347. The molecule has 676 valence electrons. The first-order chi connectivity index (χ1) is 63.0. The van der Waals surface area contributed by atoms with E-state index >= 15 is 0 Å². The van der Waals surface area contributed by atoms with Gasteiger partial charge >= 0.3 is 0 Å². The van der Waals surface area contributed by atoms with E-state index in [0.717, 1.165) is 160 Å². The van der Waals surface area contributed by atoms with Gasteiger partial charge in [-0.1, -0.05) is 185 Å². The Bertz CT molecular complexity index is 5690. The summed E-state index contributed by atoms with van der Waals surface area (Å²) in [4.78, 5) is 88.8. The number of likely N-dealkylation sites (N-methyl/N-ethyl adjacent to an activating group) is 1. The van der Waals surface area contributed by atoms with Crippen LogP contribution in [-0.2, 0) is 79.2 Å². The molecule has 4 heterocycles. The molecule has 0 spiro atoms. The molecule has 0 unspecified atom stereocenters. The molecular weight excluding hydrogens is 1740 g/mol. The average molecular weight is 1850 g/mol. The second kappa shape index (κ2) is 51.0. The highest BCUT2D eigenvalue weighted by Crippen LogP contribution is 2.35. The van der Waals surface area contributed by atoms with Gasteiger partial charge in [-0.3, -0.25) is 33.8 Å². The van der Waals surface area contributed by atoms with E-state index in [-0.39, 0.29) is 41.3 Å². The summed E-state index contributed by atoms with van der Waals surface area (Å²) in [6.45, 7) is 8.61. The lowest BCUT2D eigenvalue weighted by Gasteiger charge is -2.32. The topological polar surface area (TPSA) is 187 Å². The van der Waals surface area contributed by atoms with Crippen molar-refractivity contribution < 1.29 is 57.2 Å². The number of likely N-dealkylation sites (tertiary alicyclic amines) is 2. The van der Waals surface area contributed by atoms with Crippen molar-refractivity contribution in [1.82, 2.24) is 29.5 Å². The van der Waals surface area contributed by atoms with Gasteiger partial charge in [0.15, 0.2) is 5.78 Å². The second-order valence-corrected chi connectivity index (χ2v) is 34.2. The molecule has 23 heteroatoms. The Morgan fingerprint density at radius 2 is 0.685 bits per heavy atom.